The lowest BCUT2D eigenvalue weighted by Crippen LogP contribution is -2.38. The number of nitrogens with zero attached hydrogens (tertiary/aromatic N) is 2. The summed E-state index contributed by atoms with van der Waals surface area (Å²) < 4.78 is 6.10. The van der Waals surface area contributed by atoms with E-state index in [0.29, 0.717) is 16.2 Å². The lowest BCUT2D eigenvalue weighted by molar-refractivity contribution is 0.101. The minimum atomic E-state index is -0.00109. The summed E-state index contributed by atoms with van der Waals surface area (Å²) in [5.41, 5.74) is 0. The molecule has 2 heterocycles. The summed E-state index contributed by atoms with van der Waals surface area (Å²) in [7, 11) is 0. The molecule has 1 aromatic carbocycles. The molecule has 1 aromatic heterocycles. The van der Waals surface area contributed by atoms with Gasteiger partial charge < -0.3 is 14.7 Å². The minimum absolute atomic E-state index is 0.00109. The molecule has 118 valence electrons. The maximum Gasteiger partial charge on any atom is 0.218 e. The quantitative estimate of drug-likeness (QED) is 0.929. The average molecular weight is 321 g/mol. The fraction of sp³-hybridized carbons (Fsp3) is 0.471. The second-order valence-corrected chi connectivity index (χ2v) is 6.20. The molecule has 5 heteroatoms. The zero-order chi connectivity index (χ0) is 15.5. The van der Waals surface area contributed by atoms with Crippen LogP contribution in [0.15, 0.2) is 24.4 Å². The smallest absolute Gasteiger partial charge is 0.218 e. The predicted molar refractivity (Wildman–Crippen MR) is 88.8 cm³/mol. The SMILES string of the molecule is CCCN1CCC(Oc2cc3ccnc(O)c3cc2Cl)CC1. The zero-order valence-corrected chi connectivity index (χ0v) is 13.5. The number of fused-ring (bicyclic) bond motifs is 1. The summed E-state index contributed by atoms with van der Waals surface area (Å²) in [6.07, 6.45) is 5.03. The Morgan fingerprint density at radius 2 is 2.14 bits per heavy atom. The zero-order valence-electron chi connectivity index (χ0n) is 12.8. The third-order valence-electron chi connectivity index (χ3n) is 4.16. The third kappa shape index (κ3) is 3.28. The topological polar surface area (TPSA) is 45.6 Å². The molecule has 1 aliphatic heterocycles. The molecule has 0 radical (unpaired) electrons. The summed E-state index contributed by atoms with van der Waals surface area (Å²) in [5.74, 6) is 0.688. The largest absolute Gasteiger partial charge is 0.493 e. The Bertz CT molecular complexity index is 654. The number of aromatic nitrogens is 1. The summed E-state index contributed by atoms with van der Waals surface area (Å²) in [6, 6.07) is 5.46. The van der Waals surface area contributed by atoms with Gasteiger partial charge in [0.2, 0.25) is 5.88 Å². The monoisotopic (exact) mass is 320 g/mol. The average Bonchev–Trinajstić information content (AvgIpc) is 2.51. The maximum atomic E-state index is 9.77. The van der Waals surface area contributed by atoms with Gasteiger partial charge in [-0.05, 0) is 49.4 Å². The highest BCUT2D eigenvalue weighted by atomic mass is 35.5. The standard InChI is InChI=1S/C17H21ClN2O2/c1-2-7-20-8-4-13(5-9-20)22-16-10-12-3-6-19-17(21)14(12)11-15(16)18/h3,6,10-11,13H,2,4-5,7-9H2,1H3,(H,19,21). The number of piperidine rings is 1. The van der Waals surface area contributed by atoms with Gasteiger partial charge in [-0.2, -0.15) is 0 Å². The molecule has 22 heavy (non-hydrogen) atoms. The van der Waals surface area contributed by atoms with Crippen LogP contribution in [0.2, 0.25) is 5.02 Å². The van der Waals surface area contributed by atoms with E-state index >= 15 is 0 Å². The van der Waals surface area contributed by atoms with E-state index in [0.717, 1.165) is 37.9 Å². The van der Waals surface area contributed by atoms with Gasteiger partial charge >= 0.3 is 0 Å². The van der Waals surface area contributed by atoms with Crippen LogP contribution in [-0.2, 0) is 0 Å². The van der Waals surface area contributed by atoms with Crippen molar-refractivity contribution in [2.24, 2.45) is 0 Å². The van der Waals surface area contributed by atoms with Crippen molar-refractivity contribution in [2.75, 3.05) is 19.6 Å². The molecule has 0 bridgehead atoms. The molecule has 2 aromatic rings. The number of pyridine rings is 1. The Balaban J connectivity index is 1.73. The van der Waals surface area contributed by atoms with Crippen LogP contribution in [0.1, 0.15) is 26.2 Å². The molecule has 1 N–H and O–H groups in total. The molecule has 1 saturated heterocycles. The highest BCUT2D eigenvalue weighted by molar-refractivity contribution is 6.33. The van der Waals surface area contributed by atoms with Gasteiger partial charge in [-0.3, -0.25) is 0 Å². The first-order valence-corrected chi connectivity index (χ1v) is 8.21. The van der Waals surface area contributed by atoms with Gasteiger partial charge in [0.15, 0.2) is 0 Å². The predicted octanol–water partition coefficient (Wildman–Crippen LogP) is 3.85. The number of likely N-dealkylation sites (tertiary alicyclic amines) is 1. The molecule has 0 unspecified atom stereocenters. The van der Waals surface area contributed by atoms with E-state index in [2.05, 4.69) is 16.8 Å². The van der Waals surface area contributed by atoms with E-state index in [4.69, 9.17) is 16.3 Å². The van der Waals surface area contributed by atoms with Crippen LogP contribution >= 0.6 is 11.6 Å². The number of hydrogen-bond donors (Lipinski definition) is 1. The lowest BCUT2D eigenvalue weighted by atomic mass is 10.1. The Morgan fingerprint density at radius 1 is 1.36 bits per heavy atom. The van der Waals surface area contributed by atoms with E-state index < -0.39 is 0 Å². The van der Waals surface area contributed by atoms with Gasteiger partial charge in [-0.1, -0.05) is 18.5 Å². The lowest BCUT2D eigenvalue weighted by Gasteiger charge is -2.32. The van der Waals surface area contributed by atoms with E-state index in [-0.39, 0.29) is 12.0 Å². The highest BCUT2D eigenvalue weighted by Crippen LogP contribution is 2.34. The Hall–Kier alpha value is -1.52. The fourth-order valence-electron chi connectivity index (χ4n) is 3.00. The number of halogens is 1. The van der Waals surface area contributed by atoms with Crippen LogP contribution in [0, 0.1) is 0 Å². The normalized spacial score (nSPS) is 17.0. The summed E-state index contributed by atoms with van der Waals surface area (Å²) in [5, 5.41) is 11.8. The Labute approximate surface area is 135 Å². The van der Waals surface area contributed by atoms with E-state index in [1.54, 1.807) is 12.3 Å². The molecule has 0 spiro atoms. The molecule has 0 atom stereocenters. The van der Waals surface area contributed by atoms with Crippen LogP contribution in [-0.4, -0.2) is 40.7 Å². The van der Waals surface area contributed by atoms with Crippen LogP contribution in [0.5, 0.6) is 11.6 Å². The Morgan fingerprint density at radius 3 is 2.86 bits per heavy atom. The fourth-order valence-corrected chi connectivity index (χ4v) is 3.20. The van der Waals surface area contributed by atoms with Crippen molar-refractivity contribution in [1.82, 2.24) is 9.88 Å². The van der Waals surface area contributed by atoms with Gasteiger partial charge in [0, 0.05) is 24.7 Å². The number of aromatic hydroxyl groups is 1. The van der Waals surface area contributed by atoms with E-state index in [9.17, 15) is 5.11 Å². The molecule has 3 rings (SSSR count). The van der Waals surface area contributed by atoms with Crippen molar-refractivity contribution in [3.63, 3.8) is 0 Å². The number of rotatable bonds is 4. The second-order valence-electron chi connectivity index (χ2n) is 5.80. The summed E-state index contributed by atoms with van der Waals surface area (Å²) in [4.78, 5) is 6.35. The molecule has 1 aliphatic rings. The first-order chi connectivity index (χ1) is 10.7. The van der Waals surface area contributed by atoms with Crippen LogP contribution in [0.4, 0.5) is 0 Å². The minimum Gasteiger partial charge on any atom is -0.493 e. The van der Waals surface area contributed by atoms with Crippen molar-refractivity contribution in [3.05, 3.63) is 29.4 Å². The molecule has 0 amide bonds. The van der Waals surface area contributed by atoms with Crippen molar-refractivity contribution in [1.29, 1.82) is 0 Å². The summed E-state index contributed by atoms with van der Waals surface area (Å²) >= 11 is 6.30. The molecular weight excluding hydrogens is 300 g/mol. The molecule has 0 aliphatic carbocycles. The van der Waals surface area contributed by atoms with Crippen molar-refractivity contribution < 1.29 is 9.84 Å². The molecule has 4 nitrogen and oxygen atoms in total. The first kappa shape index (κ1) is 15.4. The molecule has 1 fully saturated rings. The number of ether oxygens (including phenoxy) is 1. The maximum absolute atomic E-state index is 9.77. The van der Waals surface area contributed by atoms with E-state index in [1.807, 2.05) is 12.1 Å². The first-order valence-electron chi connectivity index (χ1n) is 7.83. The van der Waals surface area contributed by atoms with E-state index in [1.165, 1.54) is 6.42 Å². The molecule has 0 saturated carbocycles. The highest BCUT2D eigenvalue weighted by Gasteiger charge is 2.21. The van der Waals surface area contributed by atoms with Gasteiger partial charge in [-0.15, -0.1) is 0 Å². The summed E-state index contributed by atoms with van der Waals surface area (Å²) in [6.45, 7) is 5.53. The van der Waals surface area contributed by atoms with Crippen molar-refractivity contribution >= 4 is 22.4 Å². The number of hydrogen-bond acceptors (Lipinski definition) is 4. The second kappa shape index (κ2) is 6.71. The van der Waals surface area contributed by atoms with Crippen LogP contribution in [0.25, 0.3) is 10.8 Å². The third-order valence-corrected chi connectivity index (χ3v) is 4.46. The van der Waals surface area contributed by atoms with Crippen molar-refractivity contribution in [2.45, 2.75) is 32.3 Å². The van der Waals surface area contributed by atoms with Gasteiger partial charge in [0.25, 0.3) is 0 Å². The van der Waals surface area contributed by atoms with Crippen LogP contribution < -0.4 is 4.74 Å². The van der Waals surface area contributed by atoms with Gasteiger partial charge in [0.1, 0.15) is 11.9 Å². The van der Waals surface area contributed by atoms with Crippen LogP contribution in [0.3, 0.4) is 0 Å². The Kier molecular flexibility index (Phi) is 4.69. The van der Waals surface area contributed by atoms with Gasteiger partial charge in [-0.25, -0.2) is 4.98 Å². The molecular formula is C17H21ClN2O2. The van der Waals surface area contributed by atoms with Gasteiger partial charge in [0.05, 0.1) is 5.02 Å². The number of benzene rings is 1. The van der Waals surface area contributed by atoms with Crippen molar-refractivity contribution in [3.8, 4) is 11.6 Å².